The van der Waals surface area contributed by atoms with Crippen LogP contribution in [-0.4, -0.2) is 12.1 Å². The first kappa shape index (κ1) is 14.0. The van der Waals surface area contributed by atoms with Gasteiger partial charge >= 0.3 is 0 Å². The summed E-state index contributed by atoms with van der Waals surface area (Å²) in [4.78, 5) is 12.7. The van der Waals surface area contributed by atoms with E-state index in [0.29, 0.717) is 6.42 Å². The summed E-state index contributed by atoms with van der Waals surface area (Å²) in [5.74, 6) is -0.118. The van der Waals surface area contributed by atoms with Crippen molar-refractivity contribution in [2.75, 3.05) is 0 Å². The van der Waals surface area contributed by atoms with Crippen molar-refractivity contribution in [1.29, 1.82) is 0 Å². The average molecular weight is 337 g/mol. The molecule has 0 unspecified atom stereocenters. The fourth-order valence-electron chi connectivity index (χ4n) is 1.51. The molecule has 1 N–H and O–H groups in total. The third-order valence-corrected chi connectivity index (χ3v) is 4.03. The van der Waals surface area contributed by atoms with Crippen LogP contribution in [0.4, 0.5) is 0 Å². The highest BCUT2D eigenvalue weighted by Crippen LogP contribution is 2.12. The maximum Gasteiger partial charge on any atom is 0.244 e. The first-order valence-electron chi connectivity index (χ1n) is 5.75. The standard InChI is InChI=1S/C14H13BrN2OS/c1-10-6-7-19-13(10)9-16-17-14(18)8-11-2-4-12(15)5-3-11/h2-7,9H,8H2,1H3,(H,17,18). The lowest BCUT2D eigenvalue weighted by Gasteiger charge is -2.00. The number of nitrogens with one attached hydrogen (secondary N) is 1. The highest BCUT2D eigenvalue weighted by molar-refractivity contribution is 9.10. The average Bonchev–Trinajstić information content (AvgIpc) is 2.78. The van der Waals surface area contributed by atoms with Crippen molar-refractivity contribution in [2.45, 2.75) is 13.3 Å². The Hall–Kier alpha value is -1.46. The number of benzene rings is 1. The van der Waals surface area contributed by atoms with Crippen molar-refractivity contribution in [3.63, 3.8) is 0 Å². The molecule has 5 heteroatoms. The van der Waals surface area contributed by atoms with Crippen molar-refractivity contribution >= 4 is 39.4 Å². The minimum Gasteiger partial charge on any atom is -0.273 e. The Bertz CT molecular complexity index is 590. The quantitative estimate of drug-likeness (QED) is 0.673. The van der Waals surface area contributed by atoms with E-state index in [9.17, 15) is 4.79 Å². The summed E-state index contributed by atoms with van der Waals surface area (Å²) in [6, 6.07) is 9.69. The van der Waals surface area contributed by atoms with Crippen molar-refractivity contribution in [1.82, 2.24) is 5.43 Å². The molecule has 0 aliphatic heterocycles. The van der Waals surface area contributed by atoms with E-state index in [4.69, 9.17) is 0 Å². The predicted octanol–water partition coefficient (Wildman–Crippen LogP) is 3.51. The van der Waals surface area contributed by atoms with Gasteiger partial charge in [-0.05, 0) is 41.6 Å². The van der Waals surface area contributed by atoms with E-state index < -0.39 is 0 Å². The number of aryl methyl sites for hydroxylation is 1. The molecule has 3 nitrogen and oxygen atoms in total. The number of hydrazone groups is 1. The van der Waals surface area contributed by atoms with Gasteiger partial charge in [0.05, 0.1) is 12.6 Å². The third kappa shape index (κ3) is 4.29. The SMILES string of the molecule is Cc1ccsc1C=NNC(=O)Cc1ccc(Br)cc1. The van der Waals surface area contributed by atoms with Gasteiger partial charge in [0, 0.05) is 9.35 Å². The molecule has 0 saturated carbocycles. The van der Waals surface area contributed by atoms with Crippen molar-refractivity contribution in [2.24, 2.45) is 5.10 Å². The highest BCUT2D eigenvalue weighted by atomic mass is 79.9. The molecule has 0 aliphatic rings. The second-order valence-corrected chi connectivity index (χ2v) is 5.93. The van der Waals surface area contributed by atoms with E-state index >= 15 is 0 Å². The molecule has 1 amide bonds. The number of rotatable bonds is 4. The normalized spacial score (nSPS) is 10.8. The molecule has 0 aliphatic carbocycles. The second kappa shape index (κ2) is 6.63. The van der Waals surface area contributed by atoms with Gasteiger partial charge in [0.25, 0.3) is 0 Å². The van der Waals surface area contributed by atoms with Crippen molar-refractivity contribution < 1.29 is 4.79 Å². The Morgan fingerprint density at radius 3 is 2.74 bits per heavy atom. The van der Waals surface area contributed by atoms with E-state index in [1.54, 1.807) is 17.6 Å². The van der Waals surface area contributed by atoms with Gasteiger partial charge < -0.3 is 0 Å². The van der Waals surface area contributed by atoms with Crippen LogP contribution in [0.1, 0.15) is 16.0 Å². The molecule has 1 heterocycles. The smallest absolute Gasteiger partial charge is 0.244 e. The Labute approximate surface area is 124 Å². The van der Waals surface area contributed by atoms with Gasteiger partial charge in [-0.2, -0.15) is 5.10 Å². The Morgan fingerprint density at radius 2 is 2.11 bits per heavy atom. The molecule has 2 rings (SSSR count). The largest absolute Gasteiger partial charge is 0.273 e. The zero-order valence-corrected chi connectivity index (χ0v) is 12.8. The molecule has 1 aromatic carbocycles. The highest BCUT2D eigenvalue weighted by Gasteiger charge is 2.02. The van der Waals surface area contributed by atoms with Crippen LogP contribution in [0.3, 0.4) is 0 Å². The molecule has 2 aromatic rings. The lowest BCUT2D eigenvalue weighted by atomic mass is 10.1. The van der Waals surface area contributed by atoms with Gasteiger partial charge in [-0.25, -0.2) is 5.43 Å². The van der Waals surface area contributed by atoms with Gasteiger partial charge in [0.1, 0.15) is 0 Å². The summed E-state index contributed by atoms with van der Waals surface area (Å²) >= 11 is 4.96. The fraction of sp³-hybridized carbons (Fsp3) is 0.143. The van der Waals surface area contributed by atoms with Crippen LogP contribution in [0.2, 0.25) is 0 Å². The number of amides is 1. The van der Waals surface area contributed by atoms with Crippen LogP contribution in [0.5, 0.6) is 0 Å². The molecule has 0 fully saturated rings. The first-order valence-corrected chi connectivity index (χ1v) is 7.43. The Morgan fingerprint density at radius 1 is 1.37 bits per heavy atom. The Kier molecular flexibility index (Phi) is 4.87. The fourth-order valence-corrected chi connectivity index (χ4v) is 2.56. The molecule has 0 atom stereocenters. The molecular formula is C14H13BrN2OS. The van der Waals surface area contributed by atoms with Crippen LogP contribution >= 0.6 is 27.3 Å². The monoisotopic (exact) mass is 336 g/mol. The molecule has 0 saturated heterocycles. The van der Waals surface area contributed by atoms with Crippen LogP contribution in [0.25, 0.3) is 0 Å². The number of carbonyl (C=O) groups is 1. The van der Waals surface area contributed by atoms with Crippen molar-refractivity contribution in [3.8, 4) is 0 Å². The summed E-state index contributed by atoms with van der Waals surface area (Å²) in [5.41, 5.74) is 4.66. The van der Waals surface area contributed by atoms with E-state index in [0.717, 1.165) is 20.5 Å². The number of nitrogens with zero attached hydrogens (tertiary/aromatic N) is 1. The lowest BCUT2D eigenvalue weighted by molar-refractivity contribution is -0.120. The van der Waals surface area contributed by atoms with E-state index in [2.05, 4.69) is 26.5 Å². The molecule has 0 spiro atoms. The first-order chi connectivity index (χ1) is 9.15. The minimum atomic E-state index is -0.118. The molecular weight excluding hydrogens is 324 g/mol. The summed E-state index contributed by atoms with van der Waals surface area (Å²) in [5, 5.41) is 5.97. The molecule has 19 heavy (non-hydrogen) atoms. The van der Waals surface area contributed by atoms with Gasteiger partial charge in [0.2, 0.25) is 5.91 Å². The summed E-state index contributed by atoms with van der Waals surface area (Å²) in [7, 11) is 0. The molecule has 1 aromatic heterocycles. The summed E-state index contributed by atoms with van der Waals surface area (Å²) in [6.07, 6.45) is 2.01. The zero-order chi connectivity index (χ0) is 13.7. The number of halogens is 1. The molecule has 98 valence electrons. The van der Waals surface area contributed by atoms with Crippen LogP contribution < -0.4 is 5.43 Å². The van der Waals surface area contributed by atoms with Crippen molar-refractivity contribution in [3.05, 3.63) is 56.2 Å². The molecule has 0 radical (unpaired) electrons. The third-order valence-electron chi connectivity index (χ3n) is 2.55. The maximum absolute atomic E-state index is 11.7. The number of thiophene rings is 1. The number of carbonyl (C=O) groups excluding carboxylic acids is 1. The Balaban J connectivity index is 1.86. The van der Waals surface area contributed by atoms with E-state index in [1.807, 2.05) is 42.6 Å². The van der Waals surface area contributed by atoms with Gasteiger partial charge in [-0.15, -0.1) is 11.3 Å². The summed E-state index contributed by atoms with van der Waals surface area (Å²) in [6.45, 7) is 2.02. The summed E-state index contributed by atoms with van der Waals surface area (Å²) < 4.78 is 1.00. The molecule has 0 bridgehead atoms. The van der Waals surface area contributed by atoms with Gasteiger partial charge in [0.15, 0.2) is 0 Å². The minimum absolute atomic E-state index is 0.118. The number of hydrogen-bond donors (Lipinski definition) is 1. The van der Waals surface area contributed by atoms with E-state index in [-0.39, 0.29) is 5.91 Å². The van der Waals surface area contributed by atoms with Gasteiger partial charge in [-0.3, -0.25) is 4.79 Å². The predicted molar refractivity (Wildman–Crippen MR) is 82.6 cm³/mol. The number of hydrogen-bond acceptors (Lipinski definition) is 3. The topological polar surface area (TPSA) is 41.5 Å². The second-order valence-electron chi connectivity index (χ2n) is 4.06. The maximum atomic E-state index is 11.7. The van der Waals surface area contributed by atoms with Crippen LogP contribution in [0.15, 0.2) is 45.3 Å². The van der Waals surface area contributed by atoms with E-state index in [1.165, 1.54) is 0 Å². The lowest BCUT2D eigenvalue weighted by Crippen LogP contribution is -2.19. The van der Waals surface area contributed by atoms with Crippen LogP contribution in [-0.2, 0) is 11.2 Å². The van der Waals surface area contributed by atoms with Crippen LogP contribution in [0, 0.1) is 6.92 Å². The van der Waals surface area contributed by atoms with Gasteiger partial charge in [-0.1, -0.05) is 28.1 Å². The zero-order valence-electron chi connectivity index (χ0n) is 10.4.